The first-order valence-electron chi connectivity index (χ1n) is 5.73. The lowest BCUT2D eigenvalue weighted by Gasteiger charge is -2.26. The molecule has 0 radical (unpaired) electrons. The Hall–Kier alpha value is -2.64. The molecule has 8 nitrogen and oxygen atoms in total. The third-order valence-electron chi connectivity index (χ3n) is 3.10. The Morgan fingerprint density at radius 1 is 1.47 bits per heavy atom. The summed E-state index contributed by atoms with van der Waals surface area (Å²) in [5.74, 6) is 0.0938. The van der Waals surface area contributed by atoms with Crippen molar-refractivity contribution in [3.05, 3.63) is 35.6 Å². The lowest BCUT2D eigenvalue weighted by molar-refractivity contribution is -0.115. The van der Waals surface area contributed by atoms with Crippen LogP contribution in [0.3, 0.4) is 0 Å². The maximum atomic E-state index is 11.7. The summed E-state index contributed by atoms with van der Waals surface area (Å²) < 4.78 is 3.30. The van der Waals surface area contributed by atoms with E-state index in [1.165, 1.54) is 6.33 Å². The van der Waals surface area contributed by atoms with Gasteiger partial charge in [0.25, 0.3) is 0 Å². The van der Waals surface area contributed by atoms with E-state index in [2.05, 4.69) is 20.5 Å². The Morgan fingerprint density at radius 2 is 2.26 bits per heavy atom. The fourth-order valence-electron chi connectivity index (χ4n) is 2.30. The number of rotatable bonds is 2. The molecule has 98 valence electrons. The van der Waals surface area contributed by atoms with Crippen LogP contribution in [0.4, 0.5) is 5.95 Å². The van der Waals surface area contributed by atoms with E-state index in [1.807, 2.05) is 13.2 Å². The molecular weight excluding hydrogens is 246 g/mol. The number of carbonyl (C=O) groups is 1. The molecule has 1 amide bonds. The first kappa shape index (κ1) is 11.5. The van der Waals surface area contributed by atoms with E-state index in [-0.39, 0.29) is 0 Å². The molecule has 19 heavy (non-hydrogen) atoms. The SMILES string of the molecule is CC1=C(C(N)=O)[C@@H](c2cnn(C)c2)n2ncnc2N1. The minimum atomic E-state index is -0.486. The molecule has 1 aliphatic rings. The Bertz CT molecular complexity index is 681. The Kier molecular flexibility index (Phi) is 2.37. The topological polar surface area (TPSA) is 104 Å². The molecule has 3 N–H and O–H groups in total. The summed E-state index contributed by atoms with van der Waals surface area (Å²) in [5, 5.41) is 11.3. The van der Waals surface area contributed by atoms with Gasteiger partial charge in [-0.1, -0.05) is 0 Å². The van der Waals surface area contributed by atoms with Gasteiger partial charge < -0.3 is 11.1 Å². The van der Waals surface area contributed by atoms with Gasteiger partial charge in [-0.25, -0.2) is 4.68 Å². The van der Waals surface area contributed by atoms with Crippen LogP contribution in [0.5, 0.6) is 0 Å². The van der Waals surface area contributed by atoms with Gasteiger partial charge in [-0.05, 0) is 6.92 Å². The zero-order chi connectivity index (χ0) is 13.6. The van der Waals surface area contributed by atoms with Crippen molar-refractivity contribution < 1.29 is 4.79 Å². The number of amides is 1. The normalized spacial score (nSPS) is 18.1. The average molecular weight is 259 g/mol. The van der Waals surface area contributed by atoms with Crippen LogP contribution in [-0.2, 0) is 11.8 Å². The molecule has 0 aliphatic carbocycles. The number of nitrogens with one attached hydrogen (secondary N) is 1. The number of primary amides is 1. The van der Waals surface area contributed by atoms with E-state index in [0.717, 1.165) is 5.56 Å². The number of hydrogen-bond acceptors (Lipinski definition) is 5. The molecule has 0 saturated carbocycles. The molecule has 0 spiro atoms. The molecule has 2 aromatic heterocycles. The number of hydrogen-bond donors (Lipinski definition) is 2. The van der Waals surface area contributed by atoms with Crippen LogP contribution in [0.25, 0.3) is 0 Å². The molecule has 1 atom stereocenters. The molecule has 8 heteroatoms. The van der Waals surface area contributed by atoms with Crippen molar-refractivity contribution in [2.75, 3.05) is 5.32 Å². The fourth-order valence-corrected chi connectivity index (χ4v) is 2.30. The molecule has 3 rings (SSSR count). The van der Waals surface area contributed by atoms with E-state index in [0.29, 0.717) is 17.2 Å². The van der Waals surface area contributed by atoms with Crippen molar-refractivity contribution in [2.24, 2.45) is 12.8 Å². The number of nitrogens with two attached hydrogens (primary N) is 1. The van der Waals surface area contributed by atoms with Crippen molar-refractivity contribution in [1.29, 1.82) is 0 Å². The number of anilines is 1. The predicted molar refractivity (Wildman–Crippen MR) is 66.9 cm³/mol. The third-order valence-corrected chi connectivity index (χ3v) is 3.10. The van der Waals surface area contributed by atoms with Gasteiger partial charge in [0.2, 0.25) is 11.9 Å². The van der Waals surface area contributed by atoms with Gasteiger partial charge in [-0.3, -0.25) is 9.48 Å². The summed E-state index contributed by atoms with van der Waals surface area (Å²) >= 11 is 0. The van der Waals surface area contributed by atoms with Gasteiger partial charge in [0.05, 0.1) is 11.8 Å². The summed E-state index contributed by atoms with van der Waals surface area (Å²) in [7, 11) is 1.81. The van der Waals surface area contributed by atoms with Crippen LogP contribution in [0.2, 0.25) is 0 Å². The Morgan fingerprint density at radius 3 is 2.89 bits per heavy atom. The number of aryl methyl sites for hydroxylation is 1. The van der Waals surface area contributed by atoms with Crippen molar-refractivity contribution >= 4 is 11.9 Å². The van der Waals surface area contributed by atoms with Crippen LogP contribution >= 0.6 is 0 Å². The number of allylic oxidation sites excluding steroid dienone is 1. The molecule has 0 saturated heterocycles. The number of aromatic nitrogens is 5. The summed E-state index contributed by atoms with van der Waals surface area (Å²) in [6.45, 7) is 1.79. The van der Waals surface area contributed by atoms with Crippen LogP contribution in [-0.4, -0.2) is 30.5 Å². The molecule has 1 aliphatic heterocycles. The second-order valence-electron chi connectivity index (χ2n) is 4.41. The van der Waals surface area contributed by atoms with Gasteiger partial charge in [-0.15, -0.1) is 0 Å². The summed E-state index contributed by atoms with van der Waals surface area (Å²) in [5.41, 5.74) is 7.48. The average Bonchev–Trinajstić information content (AvgIpc) is 2.95. The van der Waals surface area contributed by atoms with Crippen molar-refractivity contribution in [3.63, 3.8) is 0 Å². The largest absolute Gasteiger partial charge is 0.366 e. The van der Waals surface area contributed by atoms with E-state index < -0.39 is 11.9 Å². The fraction of sp³-hybridized carbons (Fsp3) is 0.273. The summed E-state index contributed by atoms with van der Waals surface area (Å²) in [4.78, 5) is 15.8. The highest BCUT2D eigenvalue weighted by atomic mass is 16.1. The lowest BCUT2D eigenvalue weighted by atomic mass is 9.98. The molecule has 0 bridgehead atoms. The zero-order valence-corrected chi connectivity index (χ0v) is 10.5. The minimum Gasteiger partial charge on any atom is -0.366 e. The number of nitrogens with zero attached hydrogens (tertiary/aromatic N) is 5. The van der Waals surface area contributed by atoms with E-state index in [1.54, 1.807) is 22.5 Å². The monoisotopic (exact) mass is 259 g/mol. The van der Waals surface area contributed by atoms with Crippen LogP contribution < -0.4 is 11.1 Å². The second kappa shape index (κ2) is 3.94. The maximum absolute atomic E-state index is 11.7. The lowest BCUT2D eigenvalue weighted by Crippen LogP contribution is -2.31. The van der Waals surface area contributed by atoms with Gasteiger partial charge in [-0.2, -0.15) is 15.2 Å². The zero-order valence-electron chi connectivity index (χ0n) is 10.5. The van der Waals surface area contributed by atoms with E-state index in [9.17, 15) is 4.79 Å². The minimum absolute atomic E-state index is 0.398. The predicted octanol–water partition coefficient (Wildman–Crippen LogP) is -0.214. The number of fused-ring (bicyclic) bond motifs is 1. The third kappa shape index (κ3) is 1.68. The van der Waals surface area contributed by atoms with E-state index in [4.69, 9.17) is 5.73 Å². The van der Waals surface area contributed by atoms with Crippen LogP contribution in [0.15, 0.2) is 30.0 Å². The Balaban J connectivity index is 2.20. The molecule has 0 fully saturated rings. The highest BCUT2D eigenvalue weighted by Gasteiger charge is 2.32. The smallest absolute Gasteiger partial charge is 0.248 e. The van der Waals surface area contributed by atoms with Crippen molar-refractivity contribution in [3.8, 4) is 0 Å². The van der Waals surface area contributed by atoms with E-state index >= 15 is 0 Å². The Labute approximate surface area is 108 Å². The van der Waals surface area contributed by atoms with Gasteiger partial charge in [0.15, 0.2) is 0 Å². The van der Waals surface area contributed by atoms with Crippen LogP contribution in [0, 0.1) is 0 Å². The second-order valence-corrected chi connectivity index (χ2v) is 4.41. The molecule has 0 unspecified atom stereocenters. The quantitative estimate of drug-likeness (QED) is 0.776. The van der Waals surface area contributed by atoms with Gasteiger partial charge in [0, 0.05) is 24.5 Å². The molecular formula is C11H13N7O. The molecule has 2 aromatic rings. The maximum Gasteiger partial charge on any atom is 0.248 e. The molecule has 3 heterocycles. The van der Waals surface area contributed by atoms with Crippen LogP contribution in [0.1, 0.15) is 18.5 Å². The standard InChI is InChI=1S/C11H13N7O/c1-6-8(10(12)19)9(7-3-14-17(2)4-7)18-11(16-6)13-5-15-18/h3-5,9H,1-2H3,(H2,12,19)(H,13,15,16)/t9-/m1/s1. The summed E-state index contributed by atoms with van der Waals surface area (Å²) in [6.07, 6.45) is 4.96. The first-order chi connectivity index (χ1) is 9.08. The van der Waals surface area contributed by atoms with Gasteiger partial charge in [0.1, 0.15) is 12.4 Å². The van der Waals surface area contributed by atoms with Crippen molar-refractivity contribution in [1.82, 2.24) is 24.5 Å². The molecule has 0 aromatic carbocycles. The van der Waals surface area contributed by atoms with Crippen molar-refractivity contribution in [2.45, 2.75) is 13.0 Å². The number of carbonyl (C=O) groups excluding carboxylic acids is 1. The first-order valence-corrected chi connectivity index (χ1v) is 5.73. The highest BCUT2D eigenvalue weighted by Crippen LogP contribution is 2.33. The van der Waals surface area contributed by atoms with Gasteiger partial charge >= 0.3 is 0 Å². The highest BCUT2D eigenvalue weighted by molar-refractivity contribution is 5.95. The summed E-state index contributed by atoms with van der Waals surface area (Å²) in [6, 6.07) is -0.398.